The number of thiazole rings is 1. The molecule has 0 radical (unpaired) electrons. The number of nitrogens with two attached hydrogens (primary N) is 1. The van der Waals surface area contributed by atoms with Crippen molar-refractivity contribution in [1.29, 1.82) is 0 Å². The van der Waals surface area contributed by atoms with Crippen LogP contribution in [0.4, 0.5) is 5.82 Å². The molecule has 136 valence electrons. The fraction of sp³-hybridized carbons (Fsp3) is 0.167. The molecule has 0 aliphatic carbocycles. The van der Waals surface area contributed by atoms with Crippen LogP contribution in [-0.2, 0) is 11.3 Å². The van der Waals surface area contributed by atoms with Crippen LogP contribution < -0.4 is 16.4 Å². The molecule has 0 spiro atoms. The molecule has 0 saturated carbocycles. The van der Waals surface area contributed by atoms with Crippen LogP contribution in [0.5, 0.6) is 0 Å². The van der Waals surface area contributed by atoms with Crippen LogP contribution in [0.3, 0.4) is 0 Å². The van der Waals surface area contributed by atoms with Gasteiger partial charge in [0.15, 0.2) is 0 Å². The van der Waals surface area contributed by atoms with Gasteiger partial charge in [0, 0.05) is 23.2 Å². The topological polar surface area (TPSA) is 92.9 Å². The minimum Gasteiger partial charge on any atom is -0.405 e. The quantitative estimate of drug-likeness (QED) is 0.305. The number of nitrogens with zero attached hydrogens (tertiary/aromatic N) is 2. The van der Waals surface area contributed by atoms with Crippen LogP contribution in [-0.4, -0.2) is 20.3 Å². The van der Waals surface area contributed by atoms with Crippen molar-refractivity contribution in [3.05, 3.63) is 65.6 Å². The van der Waals surface area contributed by atoms with Crippen LogP contribution in [0.25, 0.3) is 10.6 Å². The first-order valence-electron chi connectivity index (χ1n) is 7.79. The van der Waals surface area contributed by atoms with Crippen molar-refractivity contribution >= 4 is 45.7 Å². The summed E-state index contributed by atoms with van der Waals surface area (Å²) in [5, 5.41) is 6.77. The molecular formula is C18H20IN5OS. The molecule has 2 aromatic rings. The Kier molecular flexibility index (Phi) is 7.79. The summed E-state index contributed by atoms with van der Waals surface area (Å²) in [7, 11) is 0. The molecule has 0 aromatic carbocycles. The van der Waals surface area contributed by atoms with Gasteiger partial charge in [-0.05, 0) is 36.1 Å². The first-order chi connectivity index (χ1) is 12.5. The van der Waals surface area contributed by atoms with Gasteiger partial charge < -0.3 is 16.4 Å². The van der Waals surface area contributed by atoms with Crippen molar-refractivity contribution < 1.29 is 4.79 Å². The van der Waals surface area contributed by atoms with Crippen LogP contribution in [0.1, 0.15) is 11.9 Å². The summed E-state index contributed by atoms with van der Waals surface area (Å²) < 4.78 is 0.831. The van der Waals surface area contributed by atoms with E-state index in [0.29, 0.717) is 12.4 Å². The lowest BCUT2D eigenvalue weighted by Crippen LogP contribution is -2.18. The van der Waals surface area contributed by atoms with Gasteiger partial charge in [-0.1, -0.05) is 35.2 Å². The Bertz CT molecular complexity index is 844. The number of hydrogen-bond donors (Lipinski definition) is 3. The Morgan fingerprint density at radius 3 is 2.96 bits per heavy atom. The number of allylic oxidation sites excluding steroid dienone is 3. The average Bonchev–Trinajstić information content (AvgIpc) is 3.09. The monoisotopic (exact) mass is 481 g/mol. The maximum absolute atomic E-state index is 11.0. The molecule has 1 amide bonds. The number of anilines is 1. The molecule has 0 aliphatic rings. The van der Waals surface area contributed by atoms with Crippen LogP contribution in [0.2, 0.25) is 0 Å². The summed E-state index contributed by atoms with van der Waals surface area (Å²) in [5.41, 5.74) is 8.05. The van der Waals surface area contributed by atoms with Gasteiger partial charge in [0.2, 0.25) is 5.91 Å². The van der Waals surface area contributed by atoms with E-state index in [-0.39, 0.29) is 5.91 Å². The molecule has 2 rings (SSSR count). The third-order valence-corrected chi connectivity index (χ3v) is 5.06. The average molecular weight is 481 g/mol. The molecule has 0 bridgehead atoms. The maximum Gasteiger partial charge on any atom is 0.217 e. The van der Waals surface area contributed by atoms with E-state index >= 15 is 0 Å². The summed E-state index contributed by atoms with van der Waals surface area (Å²) >= 11 is 3.77. The third-order valence-electron chi connectivity index (χ3n) is 3.16. The summed E-state index contributed by atoms with van der Waals surface area (Å²) in [6, 6.07) is 5.73. The number of rotatable bonds is 8. The molecule has 4 N–H and O–H groups in total. The van der Waals surface area contributed by atoms with Crippen molar-refractivity contribution in [2.75, 3.05) is 9.74 Å². The first-order valence-corrected chi connectivity index (χ1v) is 10.1. The normalized spacial score (nSPS) is 11.5. The van der Waals surface area contributed by atoms with Crippen molar-refractivity contribution in [3.63, 3.8) is 0 Å². The highest BCUT2D eigenvalue weighted by Crippen LogP contribution is 2.25. The third kappa shape index (κ3) is 6.26. The molecule has 0 aliphatic heterocycles. The van der Waals surface area contributed by atoms with E-state index < -0.39 is 0 Å². The molecule has 0 unspecified atom stereocenters. The largest absolute Gasteiger partial charge is 0.405 e. The number of aromatic nitrogens is 2. The Balaban J connectivity index is 2.10. The summed E-state index contributed by atoms with van der Waals surface area (Å²) in [5.74, 6) is 0.623. The van der Waals surface area contributed by atoms with E-state index in [1.54, 1.807) is 6.20 Å². The van der Waals surface area contributed by atoms with Gasteiger partial charge in [0.05, 0.1) is 17.1 Å². The molecule has 0 saturated heterocycles. The summed E-state index contributed by atoms with van der Waals surface area (Å²) in [4.78, 5) is 20.9. The van der Waals surface area contributed by atoms with Gasteiger partial charge >= 0.3 is 0 Å². The van der Waals surface area contributed by atoms with E-state index in [1.165, 1.54) is 24.5 Å². The number of halogens is 1. The summed E-state index contributed by atoms with van der Waals surface area (Å²) in [6.45, 7) is 5.92. The fourth-order valence-electron chi connectivity index (χ4n) is 2.03. The highest BCUT2D eigenvalue weighted by molar-refractivity contribution is 14.1. The SMILES string of the molecule is C=C(/C=C(\C=C/N)CI)Nc1cccc(-c2cnc(CNC(C)=O)s2)n1. The van der Waals surface area contributed by atoms with Gasteiger partial charge in [0.25, 0.3) is 0 Å². The zero-order valence-electron chi connectivity index (χ0n) is 14.3. The number of hydrogen-bond acceptors (Lipinski definition) is 6. The van der Waals surface area contributed by atoms with Gasteiger partial charge in [-0.25, -0.2) is 9.97 Å². The van der Waals surface area contributed by atoms with Crippen molar-refractivity contribution in [2.24, 2.45) is 5.73 Å². The molecule has 0 atom stereocenters. The molecular weight excluding hydrogens is 461 g/mol. The molecule has 26 heavy (non-hydrogen) atoms. The van der Waals surface area contributed by atoms with E-state index in [4.69, 9.17) is 5.73 Å². The lowest BCUT2D eigenvalue weighted by atomic mass is 10.2. The minimum absolute atomic E-state index is 0.0759. The number of alkyl halides is 1. The number of amides is 1. The van der Waals surface area contributed by atoms with E-state index in [0.717, 1.165) is 31.3 Å². The minimum atomic E-state index is -0.0759. The fourth-order valence-corrected chi connectivity index (χ4v) is 3.33. The predicted molar refractivity (Wildman–Crippen MR) is 116 cm³/mol. The van der Waals surface area contributed by atoms with Crippen molar-refractivity contribution in [2.45, 2.75) is 13.5 Å². The van der Waals surface area contributed by atoms with E-state index in [9.17, 15) is 4.79 Å². The number of pyridine rings is 1. The second kappa shape index (κ2) is 10.1. The molecule has 2 heterocycles. The smallest absolute Gasteiger partial charge is 0.217 e. The number of carbonyl (C=O) groups is 1. The second-order valence-electron chi connectivity index (χ2n) is 5.30. The number of carbonyl (C=O) groups excluding carboxylic acids is 1. The molecule has 8 heteroatoms. The first kappa shape index (κ1) is 20.1. The van der Waals surface area contributed by atoms with Crippen LogP contribution in [0, 0.1) is 0 Å². The van der Waals surface area contributed by atoms with Crippen LogP contribution >= 0.6 is 33.9 Å². The van der Waals surface area contributed by atoms with Gasteiger partial charge in [0.1, 0.15) is 10.8 Å². The van der Waals surface area contributed by atoms with Crippen molar-refractivity contribution in [3.8, 4) is 10.6 Å². The highest BCUT2D eigenvalue weighted by atomic mass is 127. The predicted octanol–water partition coefficient (Wildman–Crippen LogP) is 3.60. The molecule has 2 aromatic heterocycles. The Labute approximate surface area is 170 Å². The maximum atomic E-state index is 11.0. The number of nitrogens with one attached hydrogen (secondary N) is 2. The van der Waals surface area contributed by atoms with Crippen LogP contribution in [0.15, 0.2) is 60.6 Å². The van der Waals surface area contributed by atoms with E-state index in [1.807, 2.05) is 30.4 Å². The lowest BCUT2D eigenvalue weighted by Gasteiger charge is -2.07. The Morgan fingerprint density at radius 2 is 2.27 bits per heavy atom. The van der Waals surface area contributed by atoms with Crippen molar-refractivity contribution in [1.82, 2.24) is 15.3 Å². The van der Waals surface area contributed by atoms with Gasteiger partial charge in [-0.2, -0.15) is 0 Å². The molecule has 6 nitrogen and oxygen atoms in total. The lowest BCUT2D eigenvalue weighted by molar-refractivity contribution is -0.119. The molecule has 0 fully saturated rings. The highest BCUT2D eigenvalue weighted by Gasteiger charge is 2.07. The zero-order chi connectivity index (χ0) is 18.9. The van der Waals surface area contributed by atoms with E-state index in [2.05, 4.69) is 49.8 Å². The second-order valence-corrected chi connectivity index (χ2v) is 7.18. The standard InChI is InChI=1S/C18H20IN5OS/c1-12(8-14(9-19)6-7-20)23-17-5-3-4-15(24-17)16-10-22-18(26-16)11-21-13(2)25/h3-8,10H,1,9,11,20H2,2H3,(H,21,25)(H,23,24)/b7-6-,14-8+. The van der Waals surface area contributed by atoms with Gasteiger partial charge in [-0.3, -0.25) is 4.79 Å². The zero-order valence-corrected chi connectivity index (χ0v) is 17.3. The van der Waals surface area contributed by atoms with Gasteiger partial charge in [-0.15, -0.1) is 11.3 Å². The Hall–Kier alpha value is -2.20. The summed E-state index contributed by atoms with van der Waals surface area (Å²) in [6.07, 6.45) is 7.06. The Morgan fingerprint density at radius 1 is 1.46 bits per heavy atom.